The van der Waals surface area contributed by atoms with E-state index in [0.29, 0.717) is 12.8 Å². The number of amides is 2. The second kappa shape index (κ2) is 6.76. The number of fused-ring (bicyclic) bond motifs is 3. The molecule has 0 aromatic heterocycles. The topological polar surface area (TPSA) is 91.2 Å². The number of rotatable bonds is 5. The van der Waals surface area contributed by atoms with E-state index in [0.717, 1.165) is 22.3 Å². The van der Waals surface area contributed by atoms with Crippen molar-refractivity contribution in [2.24, 2.45) is 0 Å². The van der Waals surface area contributed by atoms with Crippen LogP contribution in [0.4, 0.5) is 4.79 Å². The molecular weight excluding hydrogens is 342 g/mol. The lowest BCUT2D eigenvalue weighted by atomic mass is 9.98. The average molecular weight is 361 g/mol. The number of alkyl carbamates (subject to hydrolysis) is 1. The number of nitriles is 1. The van der Waals surface area contributed by atoms with Crippen LogP contribution >= 0.6 is 0 Å². The van der Waals surface area contributed by atoms with Gasteiger partial charge in [0.1, 0.15) is 18.7 Å². The zero-order chi connectivity index (χ0) is 18.9. The summed E-state index contributed by atoms with van der Waals surface area (Å²) in [5.74, 6) is -0.409. The number of benzene rings is 2. The van der Waals surface area contributed by atoms with Crippen LogP contribution in [0.1, 0.15) is 29.9 Å². The van der Waals surface area contributed by atoms with Crippen LogP contribution < -0.4 is 10.6 Å². The van der Waals surface area contributed by atoms with Gasteiger partial charge in [-0.25, -0.2) is 4.79 Å². The van der Waals surface area contributed by atoms with Gasteiger partial charge < -0.3 is 15.4 Å². The maximum atomic E-state index is 12.0. The lowest BCUT2D eigenvalue weighted by Crippen LogP contribution is -2.43. The Labute approximate surface area is 157 Å². The largest absolute Gasteiger partial charge is 0.449 e. The molecule has 2 aromatic carbocycles. The molecule has 2 aromatic rings. The monoisotopic (exact) mass is 361 g/mol. The van der Waals surface area contributed by atoms with E-state index >= 15 is 0 Å². The first-order valence-electron chi connectivity index (χ1n) is 8.93. The SMILES string of the molecule is N#CC1(NC(=O)CNC(=O)OCC2c3ccccc3-c3ccccc32)CC1. The van der Waals surface area contributed by atoms with E-state index < -0.39 is 11.6 Å². The van der Waals surface area contributed by atoms with Gasteiger partial charge in [0.25, 0.3) is 0 Å². The van der Waals surface area contributed by atoms with Crippen molar-refractivity contribution >= 4 is 12.0 Å². The van der Waals surface area contributed by atoms with E-state index in [2.05, 4.69) is 28.8 Å². The van der Waals surface area contributed by atoms with E-state index in [1.165, 1.54) is 0 Å². The summed E-state index contributed by atoms with van der Waals surface area (Å²) in [5, 5.41) is 14.0. The lowest BCUT2D eigenvalue weighted by molar-refractivity contribution is -0.120. The minimum Gasteiger partial charge on any atom is -0.449 e. The highest BCUT2D eigenvalue weighted by molar-refractivity contribution is 5.83. The van der Waals surface area contributed by atoms with Gasteiger partial charge >= 0.3 is 6.09 Å². The first-order chi connectivity index (χ1) is 13.1. The number of hydrogen-bond acceptors (Lipinski definition) is 4. The predicted molar refractivity (Wildman–Crippen MR) is 98.8 cm³/mol. The molecule has 6 heteroatoms. The van der Waals surface area contributed by atoms with Crippen LogP contribution in [-0.4, -0.2) is 30.7 Å². The molecule has 6 nitrogen and oxygen atoms in total. The maximum absolute atomic E-state index is 12.0. The Morgan fingerprint density at radius 3 is 2.22 bits per heavy atom. The highest BCUT2D eigenvalue weighted by Crippen LogP contribution is 2.44. The first-order valence-corrected chi connectivity index (χ1v) is 8.93. The van der Waals surface area contributed by atoms with Crippen molar-refractivity contribution < 1.29 is 14.3 Å². The van der Waals surface area contributed by atoms with Gasteiger partial charge in [-0.15, -0.1) is 0 Å². The molecule has 4 rings (SSSR count). The van der Waals surface area contributed by atoms with E-state index in [1.807, 2.05) is 36.4 Å². The quantitative estimate of drug-likeness (QED) is 0.857. The molecule has 2 amide bonds. The fourth-order valence-corrected chi connectivity index (χ4v) is 3.50. The zero-order valence-corrected chi connectivity index (χ0v) is 14.7. The zero-order valence-electron chi connectivity index (χ0n) is 14.7. The molecule has 0 radical (unpaired) electrons. The van der Waals surface area contributed by atoms with Crippen molar-refractivity contribution in [3.63, 3.8) is 0 Å². The molecular formula is C21H19N3O3. The summed E-state index contributed by atoms with van der Waals surface area (Å²) in [6.45, 7) is -0.0102. The Hall–Kier alpha value is -3.33. The Morgan fingerprint density at radius 1 is 1.07 bits per heavy atom. The number of ether oxygens (including phenoxy) is 1. The molecule has 0 aliphatic heterocycles. The Bertz CT molecular complexity index is 898. The van der Waals surface area contributed by atoms with E-state index in [-0.39, 0.29) is 25.0 Å². The molecule has 0 bridgehead atoms. The van der Waals surface area contributed by atoms with Crippen molar-refractivity contribution in [3.05, 3.63) is 59.7 Å². The first kappa shape index (κ1) is 17.1. The van der Waals surface area contributed by atoms with Crippen molar-refractivity contribution in [2.45, 2.75) is 24.3 Å². The smallest absolute Gasteiger partial charge is 0.407 e. The van der Waals surface area contributed by atoms with Crippen molar-refractivity contribution in [3.8, 4) is 17.2 Å². The molecule has 1 saturated carbocycles. The third-order valence-corrected chi connectivity index (χ3v) is 5.08. The summed E-state index contributed by atoms with van der Waals surface area (Å²) >= 11 is 0. The van der Waals surface area contributed by atoms with Gasteiger partial charge in [-0.3, -0.25) is 4.79 Å². The Morgan fingerprint density at radius 2 is 1.67 bits per heavy atom. The van der Waals surface area contributed by atoms with Gasteiger partial charge in [-0.1, -0.05) is 48.5 Å². The fourth-order valence-electron chi connectivity index (χ4n) is 3.50. The van der Waals surface area contributed by atoms with Crippen LogP contribution in [0.25, 0.3) is 11.1 Å². The van der Waals surface area contributed by atoms with E-state index in [4.69, 9.17) is 10.00 Å². The van der Waals surface area contributed by atoms with Gasteiger partial charge in [0.15, 0.2) is 0 Å². The predicted octanol–water partition coefficient (Wildman–Crippen LogP) is 2.70. The minimum absolute atomic E-state index is 0.0229. The second-order valence-electron chi connectivity index (χ2n) is 6.92. The average Bonchev–Trinajstić information content (AvgIpc) is 3.39. The molecule has 2 N–H and O–H groups in total. The molecule has 1 fully saturated rings. The van der Waals surface area contributed by atoms with E-state index in [1.54, 1.807) is 0 Å². The number of nitrogens with one attached hydrogen (secondary N) is 2. The summed E-state index contributed by atoms with van der Waals surface area (Å²) in [6, 6.07) is 18.3. The molecule has 0 atom stereocenters. The Kier molecular flexibility index (Phi) is 4.28. The lowest BCUT2D eigenvalue weighted by Gasteiger charge is -2.15. The number of hydrogen-bond donors (Lipinski definition) is 2. The Balaban J connectivity index is 1.34. The minimum atomic E-state index is -0.736. The third-order valence-electron chi connectivity index (χ3n) is 5.08. The normalized spacial score (nSPS) is 15.8. The summed E-state index contributed by atoms with van der Waals surface area (Å²) in [4.78, 5) is 23.8. The standard InChI is InChI=1S/C21H19N3O3/c22-13-21(9-10-21)24-19(25)11-23-20(26)27-12-18-16-7-3-1-5-14(16)15-6-2-4-8-17(15)18/h1-8,18H,9-12H2,(H,23,26)(H,24,25). The van der Waals surface area contributed by atoms with Gasteiger partial charge in [-0.05, 0) is 35.1 Å². The van der Waals surface area contributed by atoms with Gasteiger partial charge in [0.2, 0.25) is 5.91 Å². The highest BCUT2D eigenvalue weighted by Gasteiger charge is 2.44. The van der Waals surface area contributed by atoms with Gasteiger partial charge in [0, 0.05) is 5.92 Å². The van der Waals surface area contributed by atoms with Crippen LogP contribution in [0, 0.1) is 11.3 Å². The number of carbonyl (C=O) groups excluding carboxylic acids is 2. The highest BCUT2D eigenvalue weighted by atomic mass is 16.5. The molecule has 27 heavy (non-hydrogen) atoms. The van der Waals surface area contributed by atoms with Crippen molar-refractivity contribution in [2.75, 3.05) is 13.2 Å². The summed E-state index contributed by atoms with van der Waals surface area (Å²) in [5.41, 5.74) is 3.85. The molecule has 2 aliphatic carbocycles. The van der Waals surface area contributed by atoms with Crippen LogP contribution in [-0.2, 0) is 9.53 Å². The van der Waals surface area contributed by atoms with Crippen LogP contribution in [0.2, 0.25) is 0 Å². The molecule has 0 spiro atoms. The molecule has 2 aliphatic rings. The summed E-state index contributed by atoms with van der Waals surface area (Å²) < 4.78 is 5.37. The van der Waals surface area contributed by atoms with Gasteiger partial charge in [0.05, 0.1) is 6.07 Å². The van der Waals surface area contributed by atoms with Crippen molar-refractivity contribution in [1.82, 2.24) is 10.6 Å². The maximum Gasteiger partial charge on any atom is 0.407 e. The molecule has 0 heterocycles. The van der Waals surface area contributed by atoms with Crippen LogP contribution in [0.15, 0.2) is 48.5 Å². The summed E-state index contributed by atoms with van der Waals surface area (Å²) in [7, 11) is 0. The molecule has 0 unspecified atom stereocenters. The van der Waals surface area contributed by atoms with Crippen LogP contribution in [0.5, 0.6) is 0 Å². The second-order valence-corrected chi connectivity index (χ2v) is 6.92. The van der Waals surface area contributed by atoms with Crippen LogP contribution in [0.3, 0.4) is 0 Å². The molecule has 0 saturated heterocycles. The molecule has 136 valence electrons. The van der Waals surface area contributed by atoms with E-state index in [9.17, 15) is 9.59 Å². The van der Waals surface area contributed by atoms with Gasteiger partial charge in [-0.2, -0.15) is 5.26 Å². The summed E-state index contributed by atoms with van der Waals surface area (Å²) in [6.07, 6.45) is 0.661. The van der Waals surface area contributed by atoms with Crippen molar-refractivity contribution in [1.29, 1.82) is 5.26 Å². The number of carbonyl (C=O) groups is 2. The number of nitrogens with zero attached hydrogens (tertiary/aromatic N) is 1. The third kappa shape index (κ3) is 3.36. The fraction of sp³-hybridized carbons (Fsp3) is 0.286.